The van der Waals surface area contributed by atoms with Gasteiger partial charge in [0.05, 0.1) is 5.02 Å². The largest absolute Gasteiger partial charge is 0.356 e. The molecule has 0 aliphatic carbocycles. The molecule has 3 nitrogen and oxygen atoms in total. The molecule has 1 unspecified atom stereocenters. The molecule has 0 amide bonds. The molecule has 1 fully saturated rings. The molecule has 1 aliphatic rings. The first kappa shape index (κ1) is 11.7. The Morgan fingerprint density at radius 3 is 2.94 bits per heavy atom. The van der Waals surface area contributed by atoms with Crippen molar-refractivity contribution in [3.63, 3.8) is 0 Å². The summed E-state index contributed by atoms with van der Waals surface area (Å²) in [6, 6.07) is 3.91. The van der Waals surface area contributed by atoms with E-state index in [-0.39, 0.29) is 0 Å². The predicted octanol–water partition coefficient (Wildman–Crippen LogP) is 2.12. The number of hydrogen-bond acceptors (Lipinski definition) is 3. The maximum atomic E-state index is 5.83. The molecule has 0 spiro atoms. The van der Waals surface area contributed by atoms with E-state index in [1.165, 1.54) is 6.42 Å². The molecule has 2 rings (SSSR count). The summed E-state index contributed by atoms with van der Waals surface area (Å²) in [5.41, 5.74) is 0. The van der Waals surface area contributed by atoms with E-state index in [0.717, 1.165) is 31.4 Å². The van der Waals surface area contributed by atoms with Crippen LogP contribution >= 0.6 is 11.6 Å². The van der Waals surface area contributed by atoms with Crippen molar-refractivity contribution in [3.8, 4) is 0 Å². The Hall–Kier alpha value is -0.800. The molecule has 0 N–H and O–H groups in total. The minimum Gasteiger partial charge on any atom is -0.356 e. The van der Waals surface area contributed by atoms with Crippen LogP contribution < -0.4 is 4.90 Å². The van der Waals surface area contributed by atoms with E-state index in [1.54, 1.807) is 6.20 Å². The summed E-state index contributed by atoms with van der Waals surface area (Å²) in [4.78, 5) is 8.95. The molecule has 0 radical (unpaired) electrons. The van der Waals surface area contributed by atoms with Crippen LogP contribution in [-0.2, 0) is 0 Å². The molecule has 1 saturated heterocycles. The highest BCUT2D eigenvalue weighted by Gasteiger charge is 2.23. The van der Waals surface area contributed by atoms with Gasteiger partial charge in [0.15, 0.2) is 0 Å². The van der Waals surface area contributed by atoms with Gasteiger partial charge in [0.2, 0.25) is 0 Å². The smallest absolute Gasteiger partial charge is 0.128 e. The van der Waals surface area contributed by atoms with Gasteiger partial charge in [-0.05, 0) is 38.6 Å². The third-order valence-corrected chi connectivity index (χ3v) is 3.17. The Morgan fingerprint density at radius 1 is 1.50 bits per heavy atom. The molecular formula is C12H18ClN3. The first-order chi connectivity index (χ1) is 7.65. The van der Waals surface area contributed by atoms with Crippen molar-refractivity contribution in [2.75, 3.05) is 38.6 Å². The second-order valence-corrected chi connectivity index (χ2v) is 5.13. The normalized spacial score (nSPS) is 20.8. The lowest BCUT2D eigenvalue weighted by Crippen LogP contribution is -2.26. The highest BCUT2D eigenvalue weighted by Crippen LogP contribution is 2.23. The second-order valence-electron chi connectivity index (χ2n) is 4.70. The van der Waals surface area contributed by atoms with Gasteiger partial charge in [0.1, 0.15) is 5.82 Å². The Balaban J connectivity index is 1.95. The van der Waals surface area contributed by atoms with Crippen LogP contribution in [0.25, 0.3) is 0 Å². The van der Waals surface area contributed by atoms with E-state index in [2.05, 4.69) is 28.9 Å². The fourth-order valence-corrected chi connectivity index (χ4v) is 2.37. The van der Waals surface area contributed by atoms with Gasteiger partial charge in [-0.1, -0.05) is 11.6 Å². The maximum Gasteiger partial charge on any atom is 0.128 e. The molecule has 1 aromatic heterocycles. The lowest BCUT2D eigenvalue weighted by atomic mass is 10.1. The van der Waals surface area contributed by atoms with E-state index >= 15 is 0 Å². The lowest BCUT2D eigenvalue weighted by molar-refractivity contribution is 0.340. The number of rotatable bonds is 3. The van der Waals surface area contributed by atoms with Crippen molar-refractivity contribution in [2.45, 2.75) is 6.42 Å². The first-order valence-electron chi connectivity index (χ1n) is 5.66. The summed E-state index contributed by atoms with van der Waals surface area (Å²) < 4.78 is 0. The molecule has 1 aromatic rings. The SMILES string of the molecule is CN(C)CC1CCN(c2ccc(Cl)cn2)C1. The molecule has 0 bridgehead atoms. The predicted molar refractivity (Wildman–Crippen MR) is 68.1 cm³/mol. The van der Waals surface area contributed by atoms with Crippen molar-refractivity contribution in [2.24, 2.45) is 5.92 Å². The lowest BCUT2D eigenvalue weighted by Gasteiger charge is -2.19. The van der Waals surface area contributed by atoms with Crippen molar-refractivity contribution in [1.29, 1.82) is 0 Å². The number of halogens is 1. The van der Waals surface area contributed by atoms with Gasteiger partial charge in [-0.25, -0.2) is 4.98 Å². The van der Waals surface area contributed by atoms with Crippen LogP contribution in [0.3, 0.4) is 0 Å². The molecule has 4 heteroatoms. The van der Waals surface area contributed by atoms with E-state index in [0.29, 0.717) is 5.02 Å². The monoisotopic (exact) mass is 239 g/mol. The Labute approximate surface area is 102 Å². The minimum absolute atomic E-state index is 0.702. The average molecular weight is 240 g/mol. The van der Waals surface area contributed by atoms with Crippen LogP contribution in [0.1, 0.15) is 6.42 Å². The van der Waals surface area contributed by atoms with Crippen LogP contribution in [-0.4, -0.2) is 43.6 Å². The second kappa shape index (κ2) is 5.02. The standard InChI is InChI=1S/C12H18ClN3/c1-15(2)8-10-5-6-16(9-10)12-4-3-11(13)7-14-12/h3-4,7,10H,5-6,8-9H2,1-2H3. The third-order valence-electron chi connectivity index (χ3n) is 2.94. The minimum atomic E-state index is 0.702. The van der Waals surface area contributed by atoms with Gasteiger partial charge in [-0.2, -0.15) is 0 Å². The molecule has 1 atom stereocenters. The van der Waals surface area contributed by atoms with Crippen LogP contribution in [0.15, 0.2) is 18.3 Å². The molecular weight excluding hydrogens is 222 g/mol. The number of anilines is 1. The van der Waals surface area contributed by atoms with Gasteiger partial charge in [0.25, 0.3) is 0 Å². The Morgan fingerprint density at radius 2 is 2.31 bits per heavy atom. The van der Waals surface area contributed by atoms with Crippen LogP contribution in [0, 0.1) is 5.92 Å². The number of nitrogens with zero attached hydrogens (tertiary/aromatic N) is 3. The van der Waals surface area contributed by atoms with Crippen molar-refractivity contribution in [1.82, 2.24) is 9.88 Å². The number of hydrogen-bond donors (Lipinski definition) is 0. The third kappa shape index (κ3) is 2.86. The Bertz CT molecular complexity index is 337. The van der Waals surface area contributed by atoms with E-state index < -0.39 is 0 Å². The molecule has 0 aromatic carbocycles. The van der Waals surface area contributed by atoms with E-state index in [4.69, 9.17) is 11.6 Å². The highest BCUT2D eigenvalue weighted by molar-refractivity contribution is 6.30. The van der Waals surface area contributed by atoms with Gasteiger partial charge in [-0.15, -0.1) is 0 Å². The summed E-state index contributed by atoms with van der Waals surface area (Å²) >= 11 is 5.83. The quantitative estimate of drug-likeness (QED) is 0.806. The Kier molecular flexibility index (Phi) is 3.66. The topological polar surface area (TPSA) is 19.4 Å². The van der Waals surface area contributed by atoms with Crippen LogP contribution in [0.5, 0.6) is 0 Å². The summed E-state index contributed by atoms with van der Waals surface area (Å²) in [5, 5.41) is 0.702. The summed E-state index contributed by atoms with van der Waals surface area (Å²) in [6.45, 7) is 3.37. The first-order valence-corrected chi connectivity index (χ1v) is 6.04. The molecule has 0 saturated carbocycles. The average Bonchev–Trinajstić information content (AvgIpc) is 2.66. The zero-order valence-electron chi connectivity index (χ0n) is 9.86. The van der Waals surface area contributed by atoms with Gasteiger partial charge in [-0.3, -0.25) is 0 Å². The molecule has 16 heavy (non-hydrogen) atoms. The van der Waals surface area contributed by atoms with Gasteiger partial charge >= 0.3 is 0 Å². The molecule has 1 aliphatic heterocycles. The van der Waals surface area contributed by atoms with Crippen molar-refractivity contribution >= 4 is 17.4 Å². The summed E-state index contributed by atoms with van der Waals surface area (Å²) in [6.07, 6.45) is 2.97. The maximum absolute atomic E-state index is 5.83. The van der Waals surface area contributed by atoms with Gasteiger partial charge < -0.3 is 9.80 Å². The van der Waals surface area contributed by atoms with Gasteiger partial charge in [0, 0.05) is 25.8 Å². The van der Waals surface area contributed by atoms with Crippen LogP contribution in [0.2, 0.25) is 5.02 Å². The fourth-order valence-electron chi connectivity index (χ4n) is 2.26. The molecule has 2 heterocycles. The van der Waals surface area contributed by atoms with E-state index in [9.17, 15) is 0 Å². The molecule has 88 valence electrons. The zero-order valence-corrected chi connectivity index (χ0v) is 10.6. The van der Waals surface area contributed by atoms with E-state index in [1.807, 2.05) is 12.1 Å². The van der Waals surface area contributed by atoms with Crippen molar-refractivity contribution in [3.05, 3.63) is 23.4 Å². The van der Waals surface area contributed by atoms with Crippen LogP contribution in [0.4, 0.5) is 5.82 Å². The fraction of sp³-hybridized carbons (Fsp3) is 0.583. The zero-order chi connectivity index (χ0) is 11.5. The highest BCUT2D eigenvalue weighted by atomic mass is 35.5. The summed E-state index contributed by atoms with van der Waals surface area (Å²) in [5.74, 6) is 1.80. The number of pyridine rings is 1. The van der Waals surface area contributed by atoms with Crippen molar-refractivity contribution < 1.29 is 0 Å². The number of aromatic nitrogens is 1. The summed E-state index contributed by atoms with van der Waals surface area (Å²) in [7, 11) is 4.26.